The van der Waals surface area contributed by atoms with Gasteiger partial charge in [0.25, 0.3) is 11.6 Å². The SMILES string of the molecule is C#CCOc1c(I)cc(/C=C2\SC(=Nc3ccc([N+](=O)[O-])cc3)N(CCc3c[nH]c4ccccc34)C2=O)cc1OCC. The third kappa shape index (κ3) is 6.45. The second-order valence-corrected chi connectivity index (χ2v) is 11.3. The minimum atomic E-state index is -0.458. The molecule has 4 aromatic rings. The molecule has 0 unspecified atom stereocenters. The van der Waals surface area contributed by atoms with E-state index in [0.29, 0.717) is 46.8 Å². The zero-order chi connectivity index (χ0) is 29.6. The molecule has 0 saturated carbocycles. The van der Waals surface area contributed by atoms with Crippen molar-refractivity contribution in [3.63, 3.8) is 0 Å². The molecule has 1 aliphatic heterocycles. The van der Waals surface area contributed by atoms with Crippen LogP contribution in [0, 0.1) is 26.0 Å². The van der Waals surface area contributed by atoms with E-state index in [-0.39, 0.29) is 18.2 Å². The van der Waals surface area contributed by atoms with Crippen LogP contribution < -0.4 is 9.47 Å². The number of nitrogens with zero attached hydrogens (tertiary/aromatic N) is 3. The molecule has 9 nitrogen and oxygen atoms in total. The number of carbonyl (C=O) groups excluding carboxylic acids is 1. The predicted octanol–water partition coefficient (Wildman–Crippen LogP) is 6.94. The van der Waals surface area contributed by atoms with E-state index in [4.69, 9.17) is 20.9 Å². The number of thioether (sulfide) groups is 1. The summed E-state index contributed by atoms with van der Waals surface area (Å²) in [6, 6.07) is 17.7. The number of H-pyrrole nitrogens is 1. The van der Waals surface area contributed by atoms with Crippen LogP contribution in [0.4, 0.5) is 11.4 Å². The number of amides is 1. The number of halogens is 1. The number of hydrogen-bond acceptors (Lipinski definition) is 7. The first kappa shape index (κ1) is 29.2. The number of terminal acetylenes is 1. The molecule has 0 atom stereocenters. The van der Waals surface area contributed by atoms with E-state index in [1.165, 1.54) is 23.9 Å². The number of fused-ring (bicyclic) bond motifs is 1. The second-order valence-electron chi connectivity index (χ2n) is 9.10. The zero-order valence-corrected chi connectivity index (χ0v) is 25.5. The van der Waals surface area contributed by atoms with Crippen LogP contribution in [0.2, 0.25) is 0 Å². The van der Waals surface area contributed by atoms with Crippen LogP contribution in [-0.4, -0.2) is 45.6 Å². The minimum absolute atomic E-state index is 0.0275. The Labute approximate surface area is 260 Å². The summed E-state index contributed by atoms with van der Waals surface area (Å²) in [5.41, 5.74) is 3.37. The first-order valence-electron chi connectivity index (χ1n) is 13.0. The molecule has 0 spiro atoms. The number of non-ortho nitro benzene ring substituents is 1. The standard InChI is InChI=1S/C31H25IN4O5S/c1-3-15-41-29-25(32)16-20(17-27(29)40-4-2)18-28-30(37)35(14-13-21-19-33-26-8-6-5-7-24(21)26)31(42-28)34-22-9-11-23(12-10-22)36(38)39/h1,5-12,16-19,33H,4,13-15H2,2H3/b28-18-,34-31?. The van der Waals surface area contributed by atoms with Gasteiger partial charge in [0.1, 0.15) is 6.61 Å². The molecule has 1 amide bonds. The number of amidine groups is 1. The largest absolute Gasteiger partial charge is 0.490 e. The second kappa shape index (κ2) is 13.1. The Kier molecular flexibility index (Phi) is 9.14. The smallest absolute Gasteiger partial charge is 0.269 e. The van der Waals surface area contributed by atoms with Gasteiger partial charge in [0, 0.05) is 35.8 Å². The van der Waals surface area contributed by atoms with Crippen LogP contribution in [0.25, 0.3) is 17.0 Å². The number of benzene rings is 3. The Bertz CT molecular complexity index is 1760. The first-order valence-corrected chi connectivity index (χ1v) is 14.9. The molecule has 1 aliphatic rings. The van der Waals surface area contributed by atoms with Crippen LogP contribution >= 0.6 is 34.4 Å². The van der Waals surface area contributed by atoms with Gasteiger partial charge in [-0.2, -0.15) is 0 Å². The van der Waals surface area contributed by atoms with Crippen molar-refractivity contribution >= 4 is 73.8 Å². The van der Waals surface area contributed by atoms with Crippen LogP contribution in [-0.2, 0) is 11.2 Å². The van der Waals surface area contributed by atoms with Gasteiger partial charge in [-0.3, -0.25) is 19.8 Å². The fraction of sp³-hybridized carbons (Fsp3) is 0.161. The number of aromatic nitrogens is 1. The Morgan fingerprint density at radius 3 is 2.71 bits per heavy atom. The molecule has 1 aromatic heterocycles. The topological polar surface area (TPSA) is 110 Å². The summed E-state index contributed by atoms with van der Waals surface area (Å²) in [4.78, 5) is 34.5. The Hall–Kier alpha value is -4.28. The maximum Gasteiger partial charge on any atom is 0.269 e. The molecular weight excluding hydrogens is 667 g/mol. The number of nitro groups is 1. The quantitative estimate of drug-likeness (QED) is 0.0635. The van der Waals surface area contributed by atoms with Crippen molar-refractivity contribution in [1.82, 2.24) is 9.88 Å². The molecule has 42 heavy (non-hydrogen) atoms. The zero-order valence-electron chi connectivity index (χ0n) is 22.5. The molecule has 3 aromatic carbocycles. The molecule has 212 valence electrons. The highest BCUT2D eigenvalue weighted by molar-refractivity contribution is 14.1. The number of aliphatic imine (C=N–C) groups is 1. The molecule has 0 aliphatic carbocycles. The Morgan fingerprint density at radius 2 is 1.98 bits per heavy atom. The van der Waals surface area contributed by atoms with E-state index in [1.54, 1.807) is 23.1 Å². The van der Waals surface area contributed by atoms with E-state index >= 15 is 0 Å². The number of rotatable bonds is 10. The Morgan fingerprint density at radius 1 is 1.19 bits per heavy atom. The first-order chi connectivity index (χ1) is 20.4. The third-order valence-electron chi connectivity index (χ3n) is 6.38. The lowest BCUT2D eigenvalue weighted by Crippen LogP contribution is -2.31. The fourth-order valence-corrected chi connectivity index (χ4v) is 6.26. The summed E-state index contributed by atoms with van der Waals surface area (Å²) in [7, 11) is 0. The van der Waals surface area contributed by atoms with Crippen molar-refractivity contribution in [1.29, 1.82) is 0 Å². The maximum atomic E-state index is 13.8. The minimum Gasteiger partial charge on any atom is -0.490 e. The highest BCUT2D eigenvalue weighted by atomic mass is 127. The van der Waals surface area contributed by atoms with Gasteiger partial charge in [0.05, 0.1) is 25.7 Å². The number of nitro benzene ring substituents is 1. The van der Waals surface area contributed by atoms with Crippen LogP contribution in [0.5, 0.6) is 11.5 Å². The van der Waals surface area contributed by atoms with Gasteiger partial charge in [-0.1, -0.05) is 24.1 Å². The maximum absolute atomic E-state index is 13.8. The van der Waals surface area contributed by atoms with Crippen LogP contribution in [0.1, 0.15) is 18.1 Å². The highest BCUT2D eigenvalue weighted by Gasteiger charge is 2.33. The van der Waals surface area contributed by atoms with E-state index in [0.717, 1.165) is 25.6 Å². The summed E-state index contributed by atoms with van der Waals surface area (Å²) in [5, 5.41) is 12.7. The number of carbonyl (C=O) groups is 1. The monoisotopic (exact) mass is 692 g/mol. The normalized spacial score (nSPS) is 15.0. The molecule has 0 radical (unpaired) electrons. The van der Waals surface area contributed by atoms with E-state index in [2.05, 4.69) is 33.5 Å². The van der Waals surface area contributed by atoms with Gasteiger partial charge in [-0.05, 0) is 95.2 Å². The summed E-state index contributed by atoms with van der Waals surface area (Å²) >= 11 is 3.42. The van der Waals surface area contributed by atoms with Crippen LogP contribution in [0.15, 0.2) is 76.8 Å². The lowest BCUT2D eigenvalue weighted by molar-refractivity contribution is -0.384. The van der Waals surface area contributed by atoms with Gasteiger partial charge in [-0.15, -0.1) is 6.42 Å². The van der Waals surface area contributed by atoms with Crippen molar-refractivity contribution in [2.45, 2.75) is 13.3 Å². The molecule has 2 heterocycles. The number of para-hydroxylation sites is 1. The van der Waals surface area contributed by atoms with Crippen molar-refractivity contribution in [3.05, 3.63) is 96.6 Å². The van der Waals surface area contributed by atoms with Crippen molar-refractivity contribution in [2.24, 2.45) is 4.99 Å². The van der Waals surface area contributed by atoms with Gasteiger partial charge >= 0.3 is 0 Å². The molecule has 1 N–H and O–H groups in total. The Balaban J connectivity index is 1.48. The number of aromatic amines is 1. The average Bonchev–Trinajstić information content (AvgIpc) is 3.52. The summed E-state index contributed by atoms with van der Waals surface area (Å²) < 4.78 is 12.3. The van der Waals surface area contributed by atoms with Gasteiger partial charge in [-0.25, -0.2) is 4.99 Å². The average molecular weight is 693 g/mol. The van der Waals surface area contributed by atoms with Crippen molar-refractivity contribution in [3.8, 4) is 23.8 Å². The number of hydrogen-bond donors (Lipinski definition) is 1. The van der Waals surface area contributed by atoms with E-state index in [9.17, 15) is 14.9 Å². The van der Waals surface area contributed by atoms with E-state index in [1.807, 2.05) is 49.5 Å². The molecule has 1 fully saturated rings. The third-order valence-corrected chi connectivity index (χ3v) is 8.19. The lowest BCUT2D eigenvalue weighted by atomic mass is 10.1. The number of nitrogens with one attached hydrogen (secondary N) is 1. The van der Waals surface area contributed by atoms with Crippen LogP contribution in [0.3, 0.4) is 0 Å². The lowest BCUT2D eigenvalue weighted by Gasteiger charge is -2.15. The summed E-state index contributed by atoms with van der Waals surface area (Å²) in [6.07, 6.45) is 9.75. The molecular formula is C31H25IN4O5S. The number of ether oxygens (including phenoxy) is 2. The summed E-state index contributed by atoms with van der Waals surface area (Å²) in [6.45, 7) is 2.83. The molecule has 1 saturated heterocycles. The summed E-state index contributed by atoms with van der Waals surface area (Å²) in [5.74, 6) is 3.39. The van der Waals surface area contributed by atoms with Crippen molar-refractivity contribution in [2.75, 3.05) is 19.8 Å². The van der Waals surface area contributed by atoms with Gasteiger partial charge in [0.15, 0.2) is 16.7 Å². The molecule has 5 rings (SSSR count). The van der Waals surface area contributed by atoms with Gasteiger partial charge < -0.3 is 14.5 Å². The van der Waals surface area contributed by atoms with Gasteiger partial charge in [0.2, 0.25) is 0 Å². The van der Waals surface area contributed by atoms with Crippen molar-refractivity contribution < 1.29 is 19.2 Å². The molecule has 0 bridgehead atoms. The highest BCUT2D eigenvalue weighted by Crippen LogP contribution is 2.38. The van der Waals surface area contributed by atoms with E-state index < -0.39 is 4.92 Å². The molecule has 11 heteroatoms. The predicted molar refractivity (Wildman–Crippen MR) is 174 cm³/mol. The fourth-order valence-electron chi connectivity index (χ4n) is 4.46.